The van der Waals surface area contributed by atoms with Crippen LogP contribution in [0.4, 0.5) is 0 Å². The highest BCUT2D eigenvalue weighted by atomic mass is 32.2. The zero-order valence-electron chi connectivity index (χ0n) is 18.3. The van der Waals surface area contributed by atoms with E-state index in [0.717, 1.165) is 44.9 Å². The van der Waals surface area contributed by atoms with Gasteiger partial charge in [-0.15, -0.1) is 0 Å². The fourth-order valence-corrected chi connectivity index (χ4v) is 6.17. The quantitative estimate of drug-likeness (QED) is 0.739. The van der Waals surface area contributed by atoms with Crippen LogP contribution in [-0.4, -0.2) is 44.3 Å². The lowest BCUT2D eigenvalue weighted by Gasteiger charge is -2.45. The van der Waals surface area contributed by atoms with Crippen molar-refractivity contribution in [2.75, 3.05) is 13.4 Å². The number of methoxy groups -OCH3 is 1. The van der Waals surface area contributed by atoms with Crippen LogP contribution >= 0.6 is 0 Å². The van der Waals surface area contributed by atoms with Crippen LogP contribution in [-0.2, 0) is 16.4 Å². The zero-order chi connectivity index (χ0) is 22.2. The number of fused-ring (bicyclic) bond motifs is 2. The van der Waals surface area contributed by atoms with Gasteiger partial charge in [0, 0.05) is 18.8 Å². The van der Waals surface area contributed by atoms with Crippen LogP contribution in [0.2, 0.25) is 0 Å². The molecule has 2 bridgehead atoms. The normalized spacial score (nSPS) is 23.5. The molecule has 2 aliphatic heterocycles. The summed E-state index contributed by atoms with van der Waals surface area (Å²) in [6.07, 6.45) is 6.18. The van der Waals surface area contributed by atoms with Gasteiger partial charge in [-0.3, -0.25) is 9.69 Å². The highest BCUT2D eigenvalue weighted by Gasteiger charge is 2.49. The number of piperidine rings is 1. The fourth-order valence-electron chi connectivity index (χ4n) is 5.20. The molecular formula is C24H30N2O4S. The van der Waals surface area contributed by atoms with Crippen molar-refractivity contribution in [3.63, 3.8) is 0 Å². The summed E-state index contributed by atoms with van der Waals surface area (Å²) >= 11 is 0. The maximum Gasteiger partial charge on any atom is 0.256 e. The number of nitrogens with zero attached hydrogens (tertiary/aromatic N) is 1. The van der Waals surface area contributed by atoms with Crippen LogP contribution in [0.3, 0.4) is 0 Å². The third-order valence-electron chi connectivity index (χ3n) is 6.69. The molecule has 0 radical (unpaired) electrons. The Morgan fingerprint density at radius 2 is 1.94 bits per heavy atom. The molecule has 2 aliphatic rings. The van der Waals surface area contributed by atoms with Gasteiger partial charge in [0.15, 0.2) is 9.84 Å². The summed E-state index contributed by atoms with van der Waals surface area (Å²) in [7, 11) is -1.96. The molecule has 1 amide bonds. The van der Waals surface area contributed by atoms with Crippen molar-refractivity contribution < 1.29 is 17.9 Å². The Labute approximate surface area is 184 Å². The summed E-state index contributed by atoms with van der Waals surface area (Å²) in [6.45, 7) is 2.50. The minimum Gasteiger partial charge on any atom is -0.496 e. The highest BCUT2D eigenvalue weighted by molar-refractivity contribution is 7.90. The molecule has 2 saturated heterocycles. The second-order valence-electron chi connectivity index (χ2n) is 8.77. The molecule has 2 unspecified atom stereocenters. The third kappa shape index (κ3) is 4.21. The van der Waals surface area contributed by atoms with E-state index in [-0.39, 0.29) is 16.4 Å². The zero-order valence-corrected chi connectivity index (χ0v) is 19.2. The van der Waals surface area contributed by atoms with Crippen LogP contribution in [0.5, 0.6) is 5.75 Å². The van der Waals surface area contributed by atoms with Gasteiger partial charge in [-0.2, -0.15) is 0 Å². The number of sulfone groups is 1. The Kier molecular flexibility index (Phi) is 5.83. The molecule has 2 heterocycles. The summed E-state index contributed by atoms with van der Waals surface area (Å²) < 4.78 is 29.9. The molecule has 0 aromatic heterocycles. The lowest BCUT2D eigenvalue weighted by molar-refractivity contribution is 0.0184. The lowest BCUT2D eigenvalue weighted by Crippen LogP contribution is -2.60. The second-order valence-corrected chi connectivity index (χ2v) is 10.8. The van der Waals surface area contributed by atoms with E-state index >= 15 is 0 Å². The van der Waals surface area contributed by atoms with Crippen molar-refractivity contribution in [1.82, 2.24) is 10.2 Å². The summed E-state index contributed by atoms with van der Waals surface area (Å²) in [5.41, 5.74) is 1.63. The number of rotatable bonds is 6. The van der Waals surface area contributed by atoms with Gasteiger partial charge in [-0.1, -0.05) is 30.3 Å². The van der Waals surface area contributed by atoms with Crippen molar-refractivity contribution in [3.8, 4) is 5.75 Å². The Bertz CT molecular complexity index is 1080. The van der Waals surface area contributed by atoms with Gasteiger partial charge in [0.05, 0.1) is 23.2 Å². The first-order valence-corrected chi connectivity index (χ1v) is 12.6. The van der Waals surface area contributed by atoms with Crippen molar-refractivity contribution in [2.45, 2.75) is 62.2 Å². The van der Waals surface area contributed by atoms with E-state index in [0.29, 0.717) is 17.4 Å². The first-order valence-electron chi connectivity index (χ1n) is 10.8. The monoisotopic (exact) mass is 442 g/mol. The number of hydrogen-bond acceptors (Lipinski definition) is 5. The minimum atomic E-state index is -3.46. The molecule has 2 aromatic carbocycles. The third-order valence-corrected chi connectivity index (χ3v) is 7.93. The Morgan fingerprint density at radius 3 is 2.61 bits per heavy atom. The van der Waals surface area contributed by atoms with Gasteiger partial charge in [-0.25, -0.2) is 8.42 Å². The van der Waals surface area contributed by atoms with Crippen LogP contribution in [0.15, 0.2) is 47.4 Å². The van der Waals surface area contributed by atoms with E-state index in [1.807, 2.05) is 18.2 Å². The van der Waals surface area contributed by atoms with Crippen molar-refractivity contribution in [3.05, 3.63) is 59.2 Å². The Morgan fingerprint density at radius 1 is 1.19 bits per heavy atom. The average Bonchev–Trinajstić information content (AvgIpc) is 2.91. The van der Waals surface area contributed by atoms with E-state index in [1.54, 1.807) is 13.0 Å². The van der Waals surface area contributed by atoms with Crippen LogP contribution < -0.4 is 10.1 Å². The van der Waals surface area contributed by atoms with Gasteiger partial charge < -0.3 is 10.1 Å². The average molecular weight is 443 g/mol. The van der Waals surface area contributed by atoms with Crippen LogP contribution in [0.1, 0.15) is 53.6 Å². The van der Waals surface area contributed by atoms with E-state index in [4.69, 9.17) is 4.74 Å². The lowest BCUT2D eigenvalue weighted by atomic mass is 9.95. The van der Waals surface area contributed by atoms with Gasteiger partial charge in [0.2, 0.25) is 0 Å². The minimum absolute atomic E-state index is 0.157. The number of carbonyl (C=O) groups excluding carboxylic acids is 1. The van der Waals surface area contributed by atoms with E-state index in [9.17, 15) is 13.2 Å². The summed E-state index contributed by atoms with van der Waals surface area (Å²) in [4.78, 5) is 16.0. The van der Waals surface area contributed by atoms with Gasteiger partial charge in [-0.05, 0) is 62.3 Å². The van der Waals surface area contributed by atoms with Crippen LogP contribution in [0.25, 0.3) is 0 Å². The van der Waals surface area contributed by atoms with Crippen molar-refractivity contribution >= 4 is 15.7 Å². The highest BCUT2D eigenvalue weighted by Crippen LogP contribution is 2.43. The molecule has 2 atom stereocenters. The summed E-state index contributed by atoms with van der Waals surface area (Å²) in [5, 5.41) is 3.30. The van der Waals surface area contributed by atoms with E-state index in [2.05, 4.69) is 22.3 Å². The SMILES string of the molecule is COc1cc(C)c(S(C)(=O)=O)cc1C(=O)NC12CCCC(CC1)N2Cc1ccccc1. The fraction of sp³-hybridized carbons (Fsp3) is 0.458. The molecule has 2 fully saturated rings. The number of ether oxygens (including phenoxy) is 1. The molecule has 0 aliphatic carbocycles. The maximum atomic E-state index is 13.5. The maximum absolute atomic E-state index is 13.5. The molecule has 2 aromatic rings. The first kappa shape index (κ1) is 21.8. The molecule has 7 heteroatoms. The predicted octanol–water partition coefficient (Wildman–Crippen LogP) is 3.68. The largest absolute Gasteiger partial charge is 0.496 e. The van der Waals surface area contributed by atoms with Crippen molar-refractivity contribution in [1.29, 1.82) is 0 Å². The number of hydrogen-bond donors (Lipinski definition) is 1. The second kappa shape index (κ2) is 8.28. The molecule has 1 N–H and O–H groups in total. The molecular weight excluding hydrogens is 412 g/mol. The molecule has 6 nitrogen and oxygen atoms in total. The molecule has 166 valence electrons. The topological polar surface area (TPSA) is 75.7 Å². The molecule has 4 rings (SSSR count). The van der Waals surface area contributed by atoms with E-state index in [1.165, 1.54) is 18.7 Å². The first-order chi connectivity index (χ1) is 14.7. The Balaban J connectivity index is 1.66. The summed E-state index contributed by atoms with van der Waals surface area (Å²) in [6, 6.07) is 13.8. The number of carbonyl (C=O) groups is 1. The molecule has 0 spiro atoms. The smallest absolute Gasteiger partial charge is 0.256 e. The van der Waals surface area contributed by atoms with Gasteiger partial charge in [0.1, 0.15) is 5.75 Å². The standard InChI is InChI=1S/C24H30N2O4S/c1-17-14-21(30-2)20(15-22(17)31(3,28)29)23(27)25-24-12-7-10-19(11-13-24)26(24)16-18-8-5-4-6-9-18/h4-6,8-9,14-15,19H,7,10-13,16H2,1-3H3,(H,25,27). The molecule has 0 saturated carbocycles. The van der Waals surface area contributed by atoms with E-state index < -0.39 is 15.5 Å². The van der Waals surface area contributed by atoms with Gasteiger partial charge in [0.25, 0.3) is 5.91 Å². The Hall–Kier alpha value is -2.38. The summed E-state index contributed by atoms with van der Waals surface area (Å²) in [5.74, 6) is 0.0983. The predicted molar refractivity (Wildman–Crippen MR) is 120 cm³/mol. The number of benzene rings is 2. The number of amides is 1. The number of aryl methyl sites for hydroxylation is 1. The molecule has 31 heavy (non-hydrogen) atoms. The van der Waals surface area contributed by atoms with Gasteiger partial charge >= 0.3 is 0 Å². The van der Waals surface area contributed by atoms with Crippen LogP contribution in [0, 0.1) is 6.92 Å². The van der Waals surface area contributed by atoms with Crippen molar-refractivity contribution in [2.24, 2.45) is 0 Å². The number of nitrogens with one attached hydrogen (secondary N) is 1.